The Morgan fingerprint density at radius 2 is 1.57 bits per heavy atom. The minimum atomic E-state index is -1.06. The topological polar surface area (TPSA) is 104 Å². The first-order valence-corrected chi connectivity index (χ1v) is 6.71. The van der Waals surface area contributed by atoms with Crippen molar-refractivity contribution in [3.8, 4) is 0 Å². The number of rotatable bonds is 7. The molecule has 0 fully saturated rings. The van der Waals surface area contributed by atoms with E-state index in [1.165, 1.54) is 24.3 Å². The van der Waals surface area contributed by atoms with Crippen LogP contribution in [0.2, 0.25) is 0 Å². The largest absolute Gasteiger partial charge is 0.481 e. The van der Waals surface area contributed by atoms with Crippen molar-refractivity contribution in [1.82, 2.24) is 0 Å². The Balaban J connectivity index is 2.77. The summed E-state index contributed by atoms with van der Waals surface area (Å²) in [6.45, 7) is 3.49. The number of hydrogen-bond donors (Lipinski definition) is 3. The monoisotopic (exact) mass is 293 g/mol. The maximum Gasteiger partial charge on any atom is 0.335 e. The number of carboxylic acid groups (broad SMARTS) is 2. The Morgan fingerprint density at radius 3 is 1.95 bits per heavy atom. The van der Waals surface area contributed by atoms with E-state index < -0.39 is 23.3 Å². The van der Waals surface area contributed by atoms with Crippen molar-refractivity contribution < 1.29 is 24.6 Å². The molecule has 0 heterocycles. The van der Waals surface area contributed by atoms with Crippen LogP contribution >= 0.6 is 0 Å². The van der Waals surface area contributed by atoms with Crippen molar-refractivity contribution in [3.05, 3.63) is 29.8 Å². The van der Waals surface area contributed by atoms with Gasteiger partial charge in [0.2, 0.25) is 5.91 Å². The number of nitrogens with one attached hydrogen (secondary N) is 1. The summed E-state index contributed by atoms with van der Waals surface area (Å²) < 4.78 is 0. The SMILES string of the molecule is CCC(CC)(CC(=O)Nc1ccc(C(=O)O)cc1)C(=O)O. The van der Waals surface area contributed by atoms with E-state index in [4.69, 9.17) is 5.11 Å². The molecule has 0 unspecified atom stereocenters. The highest BCUT2D eigenvalue weighted by Crippen LogP contribution is 2.31. The summed E-state index contributed by atoms with van der Waals surface area (Å²) >= 11 is 0. The van der Waals surface area contributed by atoms with Gasteiger partial charge in [0.15, 0.2) is 0 Å². The van der Waals surface area contributed by atoms with Crippen LogP contribution in [0.3, 0.4) is 0 Å². The third-order valence-electron chi connectivity index (χ3n) is 3.72. The van der Waals surface area contributed by atoms with E-state index in [1.807, 2.05) is 0 Å². The van der Waals surface area contributed by atoms with Gasteiger partial charge < -0.3 is 15.5 Å². The van der Waals surface area contributed by atoms with E-state index in [1.54, 1.807) is 13.8 Å². The van der Waals surface area contributed by atoms with Crippen molar-refractivity contribution in [2.75, 3.05) is 5.32 Å². The van der Waals surface area contributed by atoms with Gasteiger partial charge in [0.1, 0.15) is 0 Å². The molecule has 1 aromatic carbocycles. The van der Waals surface area contributed by atoms with Gasteiger partial charge >= 0.3 is 11.9 Å². The highest BCUT2D eigenvalue weighted by atomic mass is 16.4. The first kappa shape index (κ1) is 16.7. The number of benzene rings is 1. The van der Waals surface area contributed by atoms with Crippen LogP contribution in [-0.2, 0) is 9.59 Å². The van der Waals surface area contributed by atoms with E-state index in [2.05, 4.69) is 5.32 Å². The minimum absolute atomic E-state index is 0.115. The quantitative estimate of drug-likeness (QED) is 0.717. The average Bonchev–Trinajstić information content (AvgIpc) is 2.45. The number of carbonyl (C=O) groups is 3. The fourth-order valence-electron chi connectivity index (χ4n) is 2.09. The molecule has 0 spiro atoms. The van der Waals surface area contributed by atoms with Crippen LogP contribution in [0.5, 0.6) is 0 Å². The molecule has 0 atom stereocenters. The second kappa shape index (κ2) is 6.88. The molecule has 0 aliphatic carbocycles. The van der Waals surface area contributed by atoms with Gasteiger partial charge in [0.25, 0.3) is 0 Å². The molecule has 0 aliphatic heterocycles. The normalized spacial score (nSPS) is 11.0. The van der Waals surface area contributed by atoms with Gasteiger partial charge in [0.05, 0.1) is 11.0 Å². The molecule has 1 rings (SSSR count). The van der Waals surface area contributed by atoms with Crippen molar-refractivity contribution >= 4 is 23.5 Å². The predicted octanol–water partition coefficient (Wildman–Crippen LogP) is 2.60. The van der Waals surface area contributed by atoms with E-state index in [-0.39, 0.29) is 12.0 Å². The summed E-state index contributed by atoms with van der Waals surface area (Å²) in [4.78, 5) is 34.0. The molecule has 0 aromatic heterocycles. The molecule has 0 bridgehead atoms. The average molecular weight is 293 g/mol. The number of hydrogen-bond acceptors (Lipinski definition) is 3. The van der Waals surface area contributed by atoms with Crippen molar-refractivity contribution in [3.63, 3.8) is 0 Å². The molecule has 0 radical (unpaired) electrons. The molecule has 3 N–H and O–H groups in total. The zero-order chi connectivity index (χ0) is 16.0. The molecule has 6 nitrogen and oxygen atoms in total. The summed E-state index contributed by atoms with van der Waals surface area (Å²) in [6.07, 6.45) is 0.616. The van der Waals surface area contributed by atoms with Gasteiger partial charge in [0, 0.05) is 12.1 Å². The van der Waals surface area contributed by atoms with Gasteiger partial charge in [-0.1, -0.05) is 13.8 Å². The number of carboxylic acids is 2. The maximum atomic E-state index is 12.0. The van der Waals surface area contributed by atoms with Crippen LogP contribution < -0.4 is 5.32 Å². The highest BCUT2D eigenvalue weighted by Gasteiger charge is 2.37. The van der Waals surface area contributed by atoms with Gasteiger partial charge in [-0.15, -0.1) is 0 Å². The molecule has 0 saturated heterocycles. The van der Waals surface area contributed by atoms with Crippen molar-refractivity contribution in [2.45, 2.75) is 33.1 Å². The predicted molar refractivity (Wildman–Crippen MR) is 77.3 cm³/mol. The number of aromatic carboxylic acids is 1. The summed E-state index contributed by atoms with van der Waals surface area (Å²) in [7, 11) is 0. The lowest BCUT2D eigenvalue weighted by molar-refractivity contribution is -0.151. The van der Waals surface area contributed by atoms with Gasteiger partial charge in [-0.2, -0.15) is 0 Å². The fourth-order valence-corrected chi connectivity index (χ4v) is 2.09. The fraction of sp³-hybridized carbons (Fsp3) is 0.400. The zero-order valence-electron chi connectivity index (χ0n) is 12.0. The molecule has 6 heteroatoms. The molecular formula is C15H19NO5. The van der Waals surface area contributed by atoms with Crippen molar-refractivity contribution in [1.29, 1.82) is 0 Å². The maximum absolute atomic E-state index is 12.0. The molecule has 1 aromatic rings. The number of carbonyl (C=O) groups excluding carboxylic acids is 1. The Bertz CT molecular complexity index is 531. The highest BCUT2D eigenvalue weighted by molar-refractivity contribution is 5.95. The van der Waals surface area contributed by atoms with Crippen LogP contribution in [0.1, 0.15) is 43.5 Å². The van der Waals surface area contributed by atoms with Crippen LogP contribution in [0.15, 0.2) is 24.3 Å². The second-order valence-corrected chi connectivity index (χ2v) is 4.90. The van der Waals surface area contributed by atoms with Gasteiger partial charge in [-0.3, -0.25) is 9.59 Å². The number of aliphatic carboxylic acids is 1. The van der Waals surface area contributed by atoms with Crippen LogP contribution in [0.4, 0.5) is 5.69 Å². The number of amides is 1. The summed E-state index contributed by atoms with van der Waals surface area (Å²) in [6, 6.07) is 5.70. The molecule has 114 valence electrons. The first-order valence-electron chi connectivity index (χ1n) is 6.71. The lowest BCUT2D eigenvalue weighted by Crippen LogP contribution is -2.34. The minimum Gasteiger partial charge on any atom is -0.481 e. The third-order valence-corrected chi connectivity index (χ3v) is 3.72. The van der Waals surface area contributed by atoms with E-state index in [0.29, 0.717) is 18.5 Å². The van der Waals surface area contributed by atoms with Crippen molar-refractivity contribution in [2.24, 2.45) is 5.41 Å². The van der Waals surface area contributed by atoms with E-state index >= 15 is 0 Å². The Labute approximate surface area is 122 Å². The van der Waals surface area contributed by atoms with Gasteiger partial charge in [-0.05, 0) is 37.1 Å². The van der Waals surface area contributed by atoms with Crippen LogP contribution in [-0.4, -0.2) is 28.1 Å². The van der Waals surface area contributed by atoms with Crippen LogP contribution in [0.25, 0.3) is 0 Å². The Morgan fingerprint density at radius 1 is 1.05 bits per heavy atom. The Hall–Kier alpha value is -2.37. The number of anilines is 1. The summed E-state index contributed by atoms with van der Waals surface area (Å²) in [5.74, 6) is -2.43. The molecule has 21 heavy (non-hydrogen) atoms. The van der Waals surface area contributed by atoms with E-state index in [9.17, 15) is 19.5 Å². The lowest BCUT2D eigenvalue weighted by atomic mass is 9.79. The summed E-state index contributed by atoms with van der Waals surface area (Å²) in [5, 5.41) is 20.7. The standard InChI is InChI=1S/C15H19NO5/c1-3-15(4-2,14(20)21)9-12(17)16-11-7-5-10(6-8-11)13(18)19/h5-8H,3-4,9H2,1-2H3,(H,16,17)(H,18,19)(H,20,21). The smallest absolute Gasteiger partial charge is 0.335 e. The van der Waals surface area contributed by atoms with Gasteiger partial charge in [-0.25, -0.2) is 4.79 Å². The molecule has 1 amide bonds. The molecule has 0 saturated carbocycles. The molecular weight excluding hydrogens is 274 g/mol. The second-order valence-electron chi connectivity index (χ2n) is 4.90. The Kier molecular flexibility index (Phi) is 5.46. The molecule has 0 aliphatic rings. The first-order chi connectivity index (χ1) is 9.84. The summed E-state index contributed by atoms with van der Waals surface area (Å²) in [5.41, 5.74) is -0.503. The van der Waals surface area contributed by atoms with Crippen LogP contribution in [0, 0.1) is 5.41 Å². The zero-order valence-corrected chi connectivity index (χ0v) is 12.0. The lowest BCUT2D eigenvalue weighted by Gasteiger charge is -2.25. The third kappa shape index (κ3) is 4.05. The van der Waals surface area contributed by atoms with E-state index in [0.717, 1.165) is 0 Å².